The zero-order valence-corrected chi connectivity index (χ0v) is 20.0. The maximum absolute atomic E-state index is 13.0. The fourth-order valence-electron chi connectivity index (χ4n) is 8.35. The summed E-state index contributed by atoms with van der Waals surface area (Å²) in [5.74, 6) is 1.65. The molecule has 0 radical (unpaired) electrons. The van der Waals surface area contributed by atoms with Crippen LogP contribution < -0.4 is 9.47 Å². The van der Waals surface area contributed by atoms with Crippen molar-refractivity contribution in [2.24, 2.45) is 11.3 Å². The lowest BCUT2D eigenvalue weighted by Gasteiger charge is -2.70. The second-order valence-corrected chi connectivity index (χ2v) is 10.9. The highest BCUT2D eigenvalue weighted by atomic mass is 16.6. The monoisotopic (exact) mass is 457 g/mol. The Bertz CT molecular complexity index is 1220. The molecule has 5 heteroatoms. The summed E-state index contributed by atoms with van der Waals surface area (Å²) < 4.78 is 19.6. The summed E-state index contributed by atoms with van der Waals surface area (Å²) in [6.45, 7) is 3.22. The predicted octanol–water partition coefficient (Wildman–Crippen LogP) is 4.07. The molecule has 2 spiro atoms. The molecule has 1 saturated carbocycles. The molecule has 0 N–H and O–H groups in total. The third-order valence-corrected chi connectivity index (χ3v) is 9.79. The molecule has 2 aromatic carbocycles. The van der Waals surface area contributed by atoms with Crippen molar-refractivity contribution in [3.05, 3.63) is 71.3 Å². The number of hydrogen-bond acceptors (Lipinski definition) is 5. The minimum absolute atomic E-state index is 0.141. The topological polar surface area (TPSA) is 48.0 Å². The van der Waals surface area contributed by atoms with Gasteiger partial charge in [-0.05, 0) is 57.0 Å². The second-order valence-electron chi connectivity index (χ2n) is 10.9. The van der Waals surface area contributed by atoms with Gasteiger partial charge in [0.05, 0.1) is 11.3 Å². The van der Waals surface area contributed by atoms with Crippen LogP contribution >= 0.6 is 0 Å². The van der Waals surface area contributed by atoms with Crippen LogP contribution in [0.4, 0.5) is 0 Å². The fourth-order valence-corrected chi connectivity index (χ4v) is 8.35. The van der Waals surface area contributed by atoms with Crippen LogP contribution in [0.25, 0.3) is 0 Å². The number of carbonyl (C=O) groups excluding carboxylic acids is 1. The average molecular weight is 458 g/mol. The Morgan fingerprint density at radius 3 is 2.76 bits per heavy atom. The lowest BCUT2D eigenvalue weighted by Crippen LogP contribution is -2.79. The molecule has 0 aromatic heterocycles. The first-order valence-corrected chi connectivity index (χ1v) is 12.4. The number of ether oxygens (including phenoxy) is 3. The molecule has 4 aliphatic carbocycles. The van der Waals surface area contributed by atoms with Crippen molar-refractivity contribution in [3.8, 4) is 11.5 Å². The van der Waals surface area contributed by atoms with E-state index in [1.807, 2.05) is 18.2 Å². The smallest absolute Gasteiger partial charge is 0.166 e. The lowest BCUT2D eigenvalue weighted by molar-refractivity contribution is -0.212. The van der Waals surface area contributed by atoms with E-state index in [9.17, 15) is 4.79 Å². The Labute approximate surface area is 200 Å². The maximum atomic E-state index is 13.0. The quantitative estimate of drug-likeness (QED) is 0.634. The zero-order chi connectivity index (χ0) is 23.3. The van der Waals surface area contributed by atoms with Gasteiger partial charge in [-0.2, -0.15) is 0 Å². The summed E-state index contributed by atoms with van der Waals surface area (Å²) in [5.41, 5.74) is 2.72. The Morgan fingerprint density at radius 1 is 1.18 bits per heavy atom. The molecule has 6 atom stereocenters. The predicted molar refractivity (Wildman–Crippen MR) is 128 cm³/mol. The fraction of sp³-hybridized carbons (Fsp3) is 0.483. The minimum Gasteiger partial charge on any atom is -0.485 e. The number of Topliss-reactive ketones (excluding diaryl/α,β-unsaturated/α-hetero) is 1. The van der Waals surface area contributed by atoms with Gasteiger partial charge in [0.25, 0.3) is 0 Å². The molecule has 2 fully saturated rings. The van der Waals surface area contributed by atoms with E-state index >= 15 is 0 Å². The molecule has 0 amide bonds. The van der Waals surface area contributed by atoms with Crippen LogP contribution in [0.3, 0.4) is 0 Å². The molecule has 8 rings (SSSR count). The van der Waals surface area contributed by atoms with Gasteiger partial charge in [-0.3, -0.25) is 4.79 Å². The average Bonchev–Trinajstić information content (AvgIpc) is 3.23. The summed E-state index contributed by atoms with van der Waals surface area (Å²) in [6.07, 6.45) is 7.13. The number of nitrogens with zero attached hydrogens (tertiary/aromatic N) is 1. The van der Waals surface area contributed by atoms with Crippen LogP contribution in [0, 0.1) is 11.3 Å². The van der Waals surface area contributed by atoms with Crippen LogP contribution in [-0.2, 0) is 28.0 Å². The van der Waals surface area contributed by atoms with Crippen molar-refractivity contribution in [1.29, 1.82) is 0 Å². The third kappa shape index (κ3) is 2.21. The summed E-state index contributed by atoms with van der Waals surface area (Å²) in [5, 5.41) is 0. The lowest BCUT2D eigenvalue weighted by atomic mass is 9.37. The van der Waals surface area contributed by atoms with E-state index in [4.69, 9.17) is 14.2 Å². The Morgan fingerprint density at radius 2 is 2.00 bits per heavy atom. The van der Waals surface area contributed by atoms with Crippen molar-refractivity contribution < 1.29 is 19.0 Å². The van der Waals surface area contributed by atoms with E-state index in [1.54, 1.807) is 14.0 Å². The SMILES string of the molecule is CO[C@]12C=C[C@@]3(CC1C(C)=O)[C@H]1Cc4ccc(OCc5ccccc5)c5c4C3(CCN1C)[C@H]2O5. The molecule has 34 heavy (non-hydrogen) atoms. The van der Waals surface area contributed by atoms with Gasteiger partial charge in [0, 0.05) is 24.1 Å². The van der Waals surface area contributed by atoms with Gasteiger partial charge >= 0.3 is 0 Å². The molecule has 6 aliphatic rings. The molecule has 1 saturated heterocycles. The second kappa shape index (κ2) is 6.73. The molecule has 5 nitrogen and oxygen atoms in total. The molecule has 2 aromatic rings. The van der Waals surface area contributed by atoms with E-state index in [0.717, 1.165) is 42.9 Å². The van der Waals surface area contributed by atoms with Crippen LogP contribution in [0.15, 0.2) is 54.6 Å². The van der Waals surface area contributed by atoms with Gasteiger partial charge in [-0.25, -0.2) is 0 Å². The number of fused-ring (bicyclic) bond motifs is 1. The largest absolute Gasteiger partial charge is 0.485 e. The van der Waals surface area contributed by atoms with E-state index in [-0.39, 0.29) is 28.6 Å². The standard InChI is InChI=1S/C29H31NO4/c1-18(31)21-16-27-11-12-29(21,32-3)26-28(27)13-14-30(2)23(27)15-20-9-10-22(25(34-26)24(20)28)33-17-19-7-5-4-6-8-19/h4-12,21,23,26H,13-17H2,1-3H3/t21?,23-,26-,27-,28?,29-/m1/s1. The molecular weight excluding hydrogens is 426 g/mol. The van der Waals surface area contributed by atoms with E-state index in [2.05, 4.69) is 48.4 Å². The maximum Gasteiger partial charge on any atom is 0.166 e. The van der Waals surface area contributed by atoms with Crippen molar-refractivity contribution in [1.82, 2.24) is 4.90 Å². The van der Waals surface area contributed by atoms with Gasteiger partial charge in [0.2, 0.25) is 0 Å². The van der Waals surface area contributed by atoms with Gasteiger partial charge in [0.15, 0.2) is 11.5 Å². The number of likely N-dealkylation sites (N-methyl/N-ethyl adjacent to an activating group) is 1. The first-order chi connectivity index (χ1) is 16.5. The highest BCUT2D eigenvalue weighted by Crippen LogP contribution is 2.74. The molecule has 176 valence electrons. The Balaban J connectivity index is 1.42. The van der Waals surface area contributed by atoms with Gasteiger partial charge in [-0.15, -0.1) is 0 Å². The summed E-state index contributed by atoms with van der Waals surface area (Å²) in [7, 11) is 3.98. The van der Waals surface area contributed by atoms with E-state index in [1.165, 1.54) is 11.1 Å². The third-order valence-electron chi connectivity index (χ3n) is 9.79. The van der Waals surface area contributed by atoms with Crippen LogP contribution in [-0.4, -0.2) is 49.1 Å². The number of carbonyl (C=O) groups is 1. The molecule has 2 aliphatic heterocycles. The minimum atomic E-state index is -0.752. The summed E-state index contributed by atoms with van der Waals surface area (Å²) in [6, 6.07) is 14.9. The van der Waals surface area contributed by atoms with Gasteiger partial charge < -0.3 is 19.1 Å². The zero-order valence-electron chi connectivity index (χ0n) is 20.0. The molecule has 2 heterocycles. The number of methoxy groups -OCH3 is 1. The van der Waals surface area contributed by atoms with Gasteiger partial charge in [0.1, 0.15) is 24.1 Å². The molecule has 4 bridgehead atoms. The number of benzene rings is 2. The first kappa shape index (κ1) is 20.7. The van der Waals surface area contributed by atoms with Crippen LogP contribution in [0.5, 0.6) is 11.5 Å². The number of likely N-dealkylation sites (tertiary alicyclic amines) is 1. The summed E-state index contributed by atoms with van der Waals surface area (Å²) >= 11 is 0. The number of piperidine rings is 1. The van der Waals surface area contributed by atoms with Crippen LogP contribution in [0.2, 0.25) is 0 Å². The number of rotatable bonds is 5. The molecule has 2 unspecified atom stereocenters. The number of ketones is 1. The highest BCUT2D eigenvalue weighted by molar-refractivity contribution is 5.82. The van der Waals surface area contributed by atoms with Crippen molar-refractivity contribution in [2.45, 2.75) is 56.0 Å². The van der Waals surface area contributed by atoms with Crippen LogP contribution in [0.1, 0.15) is 36.5 Å². The first-order valence-electron chi connectivity index (χ1n) is 12.4. The number of hydrogen-bond donors (Lipinski definition) is 0. The van der Waals surface area contributed by atoms with E-state index in [0.29, 0.717) is 12.6 Å². The van der Waals surface area contributed by atoms with Crippen molar-refractivity contribution in [3.63, 3.8) is 0 Å². The van der Waals surface area contributed by atoms with Gasteiger partial charge in [-0.1, -0.05) is 48.6 Å². The van der Waals surface area contributed by atoms with E-state index < -0.39 is 5.60 Å². The molecular formula is C29H31NO4. The highest BCUT2D eigenvalue weighted by Gasteiger charge is 2.79. The normalized spacial score (nSPS) is 38.4. The summed E-state index contributed by atoms with van der Waals surface area (Å²) in [4.78, 5) is 15.5. The van der Waals surface area contributed by atoms with Crippen molar-refractivity contribution >= 4 is 5.78 Å². The van der Waals surface area contributed by atoms with Crippen molar-refractivity contribution in [2.75, 3.05) is 20.7 Å². The Hall–Kier alpha value is -2.63. The Kier molecular flexibility index (Phi) is 4.10.